The first kappa shape index (κ1) is 41.6. The Morgan fingerprint density at radius 3 is 2.48 bits per heavy atom. The first-order valence-corrected chi connectivity index (χ1v) is 18.4. The van der Waals surface area contributed by atoms with E-state index >= 15 is 0 Å². The highest BCUT2D eigenvalue weighted by Crippen LogP contribution is 2.45. The molecule has 2 heterocycles. The number of likely N-dealkylation sites (tertiary alicyclic amines) is 1. The normalized spacial score (nSPS) is 21.7. The number of hydrogen-bond acceptors (Lipinski definition) is 11. The summed E-state index contributed by atoms with van der Waals surface area (Å²) >= 11 is 0. The first-order chi connectivity index (χ1) is 26.5. The Kier molecular flexibility index (Phi) is 13.0. The number of aliphatic carboxylic acids is 1. The molecule has 1 aliphatic heterocycles. The molecular weight excluding hydrogens is 720 g/mol. The van der Waals surface area contributed by atoms with Crippen LogP contribution < -0.4 is 25.4 Å². The zero-order valence-electron chi connectivity index (χ0n) is 32.7. The van der Waals surface area contributed by atoms with Gasteiger partial charge in [-0.2, -0.15) is 0 Å². The quantitative estimate of drug-likeness (QED) is 0.106. The third-order valence-corrected chi connectivity index (χ3v) is 9.53. The highest BCUT2D eigenvalue weighted by molar-refractivity contribution is 5.96. The summed E-state index contributed by atoms with van der Waals surface area (Å²) in [5.41, 5.74) is -0.387. The maximum Gasteiger partial charge on any atom is 0.408 e. The number of ether oxygens (including phenoxy) is 3. The largest absolute Gasteiger partial charge is 0.497 e. The van der Waals surface area contributed by atoms with Crippen LogP contribution >= 0.6 is 0 Å². The van der Waals surface area contributed by atoms with Crippen LogP contribution in [0.25, 0.3) is 22.2 Å². The van der Waals surface area contributed by atoms with Crippen LogP contribution in [0.5, 0.6) is 11.5 Å². The van der Waals surface area contributed by atoms with Gasteiger partial charge in [0.05, 0.1) is 24.9 Å². The highest BCUT2D eigenvalue weighted by atomic mass is 16.6. The highest BCUT2D eigenvalue weighted by Gasteiger charge is 2.61. The Hall–Kier alpha value is -5.51. The summed E-state index contributed by atoms with van der Waals surface area (Å²) in [7, 11) is 5.31. The number of nitrogens with one attached hydrogen (secondary N) is 3. The predicted octanol–water partition coefficient (Wildman–Crippen LogP) is 3.32. The number of carboxylic acid groups (broad SMARTS) is 1. The fraction of sp³-hybridized carbons (Fsp3) is 0.439. The number of benzene rings is 2. The minimum absolute atomic E-state index is 0.00481. The molecule has 1 saturated carbocycles. The van der Waals surface area contributed by atoms with Crippen molar-refractivity contribution in [2.45, 2.75) is 69.2 Å². The molecule has 0 radical (unpaired) electrons. The van der Waals surface area contributed by atoms with Gasteiger partial charge in [0, 0.05) is 48.5 Å². The van der Waals surface area contributed by atoms with Crippen molar-refractivity contribution in [3.8, 4) is 22.8 Å². The fourth-order valence-corrected chi connectivity index (χ4v) is 6.59. The monoisotopic (exact) mass is 772 g/mol. The molecule has 56 heavy (non-hydrogen) atoms. The number of pyridine rings is 1. The fourth-order valence-electron chi connectivity index (χ4n) is 6.59. The van der Waals surface area contributed by atoms with Gasteiger partial charge < -0.3 is 44.9 Å². The molecular formula is C41H52N6O9. The Morgan fingerprint density at radius 2 is 1.86 bits per heavy atom. The molecule has 15 heteroatoms. The Balaban J connectivity index is 1.48. The topological polar surface area (TPSA) is 192 Å². The maximum atomic E-state index is 14.6. The van der Waals surface area contributed by atoms with Gasteiger partial charge in [0.25, 0.3) is 0 Å². The second-order valence-corrected chi connectivity index (χ2v) is 15.3. The molecule has 2 aliphatic rings. The molecule has 2 fully saturated rings. The summed E-state index contributed by atoms with van der Waals surface area (Å²) in [5, 5.41) is 29.5. The van der Waals surface area contributed by atoms with E-state index in [1.54, 1.807) is 52.2 Å². The number of rotatable bonds is 16. The van der Waals surface area contributed by atoms with E-state index in [0.29, 0.717) is 34.6 Å². The minimum atomic E-state index is -1.56. The molecule has 6 atom stereocenters. The van der Waals surface area contributed by atoms with Crippen LogP contribution in [0.4, 0.5) is 4.79 Å². The smallest absolute Gasteiger partial charge is 0.408 e. The van der Waals surface area contributed by atoms with E-state index < -0.39 is 65.4 Å². The van der Waals surface area contributed by atoms with Crippen molar-refractivity contribution in [1.29, 1.82) is 0 Å². The number of aliphatic hydroxyl groups excluding tert-OH is 1. The van der Waals surface area contributed by atoms with E-state index in [2.05, 4.69) is 22.5 Å². The van der Waals surface area contributed by atoms with Crippen molar-refractivity contribution < 1.29 is 43.6 Å². The van der Waals surface area contributed by atoms with Gasteiger partial charge in [-0.3, -0.25) is 14.9 Å². The Morgan fingerprint density at radius 1 is 1.12 bits per heavy atom. The van der Waals surface area contributed by atoms with Gasteiger partial charge in [-0.05, 0) is 59.5 Å². The number of carboxylic acids is 1. The lowest BCUT2D eigenvalue weighted by atomic mass is 10.1. The maximum absolute atomic E-state index is 14.6. The third-order valence-electron chi connectivity index (χ3n) is 9.53. The van der Waals surface area contributed by atoms with Crippen LogP contribution in [0.2, 0.25) is 0 Å². The van der Waals surface area contributed by atoms with Gasteiger partial charge in [-0.15, -0.1) is 6.58 Å². The minimum Gasteiger partial charge on any atom is -0.497 e. The second-order valence-electron chi connectivity index (χ2n) is 15.3. The predicted molar refractivity (Wildman–Crippen MR) is 210 cm³/mol. The van der Waals surface area contributed by atoms with E-state index in [4.69, 9.17) is 19.2 Å². The van der Waals surface area contributed by atoms with Crippen molar-refractivity contribution in [2.75, 3.05) is 40.8 Å². The molecule has 6 unspecified atom stereocenters. The number of likely N-dealkylation sites (N-methyl/N-ethyl adjacent to an activating group) is 1. The van der Waals surface area contributed by atoms with E-state index in [0.717, 1.165) is 5.56 Å². The van der Waals surface area contributed by atoms with Gasteiger partial charge in [0.1, 0.15) is 47.1 Å². The van der Waals surface area contributed by atoms with Gasteiger partial charge >= 0.3 is 12.1 Å². The van der Waals surface area contributed by atoms with E-state index in [9.17, 15) is 29.4 Å². The number of aliphatic hydroxyl groups is 1. The van der Waals surface area contributed by atoms with E-state index in [-0.39, 0.29) is 25.9 Å². The molecule has 3 aromatic rings. The molecule has 5 rings (SSSR count). The van der Waals surface area contributed by atoms with Crippen LogP contribution in [0.15, 0.2) is 79.4 Å². The first-order valence-electron chi connectivity index (χ1n) is 18.4. The summed E-state index contributed by atoms with van der Waals surface area (Å²) in [6, 6.07) is 14.2. The zero-order chi connectivity index (χ0) is 40.8. The number of carbonyl (C=O) groups is 4. The molecule has 1 aromatic heterocycles. The summed E-state index contributed by atoms with van der Waals surface area (Å²) in [4.78, 5) is 62.1. The van der Waals surface area contributed by atoms with Crippen molar-refractivity contribution >= 4 is 34.8 Å². The average molecular weight is 773 g/mol. The Bertz CT molecular complexity index is 1950. The molecule has 1 aliphatic carbocycles. The van der Waals surface area contributed by atoms with Crippen LogP contribution in [0.3, 0.4) is 0 Å². The number of hydrogen-bond donors (Lipinski definition) is 5. The summed E-state index contributed by atoms with van der Waals surface area (Å²) < 4.78 is 17.6. The van der Waals surface area contributed by atoms with Crippen LogP contribution in [0, 0.1) is 5.92 Å². The lowest BCUT2D eigenvalue weighted by Gasteiger charge is -2.30. The number of aromatic nitrogens is 1. The molecule has 3 amide bonds. The van der Waals surface area contributed by atoms with Gasteiger partial charge in [-0.25, -0.2) is 14.6 Å². The molecule has 0 spiro atoms. The van der Waals surface area contributed by atoms with E-state index in [1.165, 1.54) is 17.1 Å². The summed E-state index contributed by atoms with van der Waals surface area (Å²) in [6.45, 7) is 8.97. The Labute approximate surface area is 326 Å². The molecule has 1 saturated heterocycles. The number of alkyl carbamates (subject to hydrolysis) is 1. The summed E-state index contributed by atoms with van der Waals surface area (Å²) in [6.07, 6.45) is 2.08. The molecule has 300 valence electrons. The summed E-state index contributed by atoms with van der Waals surface area (Å²) in [5.74, 6) is -2.03. The zero-order valence-corrected chi connectivity index (χ0v) is 32.7. The standard InChI is InChI=1S/C41H52N6O9/c1-8-26-22-41(26,38(51)52)45-36(49)33-20-28(55-34-21-30(25-13-10-9-11-14-25)43-31-19-27(54-7)16-17-29(31)34)24-47(33)37(50)32(44-39(53)56-40(2,3)4)23-42-35(48)15-12-18-46(5)6/h8-17,19,21,26,28,32-33,35,42,48H,1,18,20,22-24H2,2-7H3,(H,44,53)(H,45,49)(H,51,52). The van der Waals surface area contributed by atoms with Crippen molar-refractivity contribution in [2.24, 2.45) is 5.92 Å². The van der Waals surface area contributed by atoms with Gasteiger partial charge in [0.2, 0.25) is 11.8 Å². The molecule has 0 bridgehead atoms. The molecule has 2 aromatic carbocycles. The third kappa shape index (κ3) is 10.2. The number of nitrogens with zero attached hydrogens (tertiary/aromatic N) is 3. The number of fused-ring (bicyclic) bond motifs is 1. The molecule has 5 N–H and O–H groups in total. The van der Waals surface area contributed by atoms with Crippen LogP contribution in [-0.4, -0.2) is 125 Å². The van der Waals surface area contributed by atoms with Crippen molar-refractivity contribution in [3.63, 3.8) is 0 Å². The number of amides is 3. The number of carbonyl (C=O) groups excluding carboxylic acids is 3. The van der Waals surface area contributed by atoms with Gasteiger partial charge in [0.15, 0.2) is 0 Å². The van der Waals surface area contributed by atoms with Crippen LogP contribution in [0.1, 0.15) is 33.6 Å². The van der Waals surface area contributed by atoms with Crippen molar-refractivity contribution in [1.82, 2.24) is 30.7 Å². The molecule has 15 nitrogen and oxygen atoms in total. The van der Waals surface area contributed by atoms with Gasteiger partial charge in [-0.1, -0.05) is 42.5 Å². The van der Waals surface area contributed by atoms with Crippen LogP contribution in [-0.2, 0) is 19.1 Å². The number of methoxy groups -OCH3 is 1. The SMILES string of the molecule is C=CC1CC1(NC(=O)C1CC(Oc2cc(-c3ccccc3)nc3cc(OC)ccc23)CN1C(=O)C(CNC(O)C=CCN(C)C)NC(=O)OC(C)(C)C)C(=O)O. The van der Waals surface area contributed by atoms with Crippen molar-refractivity contribution in [3.05, 3.63) is 79.4 Å². The lowest BCUT2D eigenvalue weighted by molar-refractivity contribution is -0.145. The van der Waals surface area contributed by atoms with E-state index in [1.807, 2.05) is 55.4 Å². The average Bonchev–Trinajstić information content (AvgIpc) is 3.71. The second kappa shape index (κ2) is 17.5. The lowest BCUT2D eigenvalue weighted by Crippen LogP contribution is -2.59.